The molecule has 5 aromatic rings. The zero-order valence-corrected chi connectivity index (χ0v) is 32.1. The molecule has 2 fully saturated rings. The van der Waals surface area contributed by atoms with Crippen molar-refractivity contribution in [2.75, 3.05) is 48.3 Å². The van der Waals surface area contributed by atoms with Gasteiger partial charge in [-0.25, -0.2) is 18.4 Å². The van der Waals surface area contributed by atoms with Crippen LogP contribution < -0.4 is 26.6 Å². The number of hydrogen-bond acceptors (Lipinski definition) is 10. The second kappa shape index (κ2) is 15.8. The van der Waals surface area contributed by atoms with Gasteiger partial charge in [0.1, 0.15) is 34.5 Å². The molecule has 0 bridgehead atoms. The minimum absolute atomic E-state index is 0.0455. The van der Waals surface area contributed by atoms with E-state index in [0.29, 0.717) is 65.8 Å². The number of anilines is 4. The molecule has 2 aromatic carbocycles. The van der Waals surface area contributed by atoms with Gasteiger partial charge >= 0.3 is 0 Å². The number of halogens is 2. The van der Waals surface area contributed by atoms with E-state index in [1.807, 2.05) is 31.2 Å². The number of pyridine rings is 2. The first kappa shape index (κ1) is 38.3. The number of aromatic nitrogens is 4. The molecule has 4 amide bonds. The van der Waals surface area contributed by atoms with E-state index in [1.165, 1.54) is 12.1 Å². The SMILES string of the molecule is Cc1cccc(NC(=O)c2ccc(-c3nn4c(c3C(N)=O)Nc3ccc(N5CCN(CCc6cc(F)c(C7CCC(=O)NC7=O)c(F)c6)CC5)cc3CC4)nc2C)n1. The highest BCUT2D eigenvalue weighted by Gasteiger charge is 2.33. The number of amides is 4. The Balaban J connectivity index is 0.906. The van der Waals surface area contributed by atoms with Crippen LogP contribution in [0, 0.1) is 25.5 Å². The summed E-state index contributed by atoms with van der Waals surface area (Å²) in [5, 5.41) is 13.2. The molecule has 0 saturated carbocycles. The lowest BCUT2D eigenvalue weighted by atomic mass is 9.89. The van der Waals surface area contributed by atoms with Gasteiger partial charge in [0, 0.05) is 68.3 Å². The standard InChI is InChI=1S/C42H42F2N10O4/c1-23-4-3-5-34(46-23)49-41(57)28-7-10-33(47-24(28)2)38-37(39(45)56)40-48-32-9-6-27(22-26(32)13-15-54(40)51-38)53-18-16-52(17-19-53)14-12-25-20-30(43)36(31(44)21-25)29-8-11-35(55)50-42(29)58/h3-7,9-10,20-22,29,48H,8,11-19H2,1-2H3,(H2,45,56)(H,46,49,57)(H,50,55,58). The summed E-state index contributed by atoms with van der Waals surface area (Å²) in [5.41, 5.74) is 11.7. The molecule has 0 aliphatic carbocycles. The van der Waals surface area contributed by atoms with E-state index < -0.39 is 35.3 Å². The Morgan fingerprint density at radius 1 is 0.914 bits per heavy atom. The number of imide groups is 1. The largest absolute Gasteiger partial charge is 0.369 e. The van der Waals surface area contributed by atoms with Crippen molar-refractivity contribution in [2.24, 2.45) is 5.73 Å². The van der Waals surface area contributed by atoms with Crippen LogP contribution in [0.25, 0.3) is 11.4 Å². The Kier molecular flexibility index (Phi) is 10.4. The number of nitrogens with two attached hydrogens (primary N) is 1. The number of nitrogens with zero attached hydrogens (tertiary/aromatic N) is 6. The topological polar surface area (TPSA) is 180 Å². The fraction of sp³-hybridized carbons (Fsp3) is 0.310. The van der Waals surface area contributed by atoms with Gasteiger partial charge in [0.2, 0.25) is 11.8 Å². The van der Waals surface area contributed by atoms with Crippen molar-refractivity contribution < 1.29 is 28.0 Å². The maximum absolute atomic E-state index is 15.1. The Hall–Kier alpha value is -6.55. The molecule has 1 unspecified atom stereocenters. The maximum atomic E-state index is 15.1. The molecular weight excluding hydrogens is 747 g/mol. The molecule has 3 aromatic heterocycles. The number of piperazine rings is 1. The van der Waals surface area contributed by atoms with E-state index >= 15 is 8.78 Å². The monoisotopic (exact) mass is 788 g/mol. The number of rotatable bonds is 9. The van der Waals surface area contributed by atoms with E-state index in [1.54, 1.807) is 29.8 Å². The van der Waals surface area contributed by atoms with Gasteiger partial charge in [-0.2, -0.15) is 5.10 Å². The number of benzene rings is 2. The summed E-state index contributed by atoms with van der Waals surface area (Å²) in [6, 6.07) is 17.4. The van der Waals surface area contributed by atoms with Crippen molar-refractivity contribution in [2.45, 2.75) is 52.0 Å². The van der Waals surface area contributed by atoms with Crippen molar-refractivity contribution >= 4 is 46.6 Å². The molecule has 3 aliphatic heterocycles. The first-order valence-corrected chi connectivity index (χ1v) is 19.2. The summed E-state index contributed by atoms with van der Waals surface area (Å²) in [6.45, 7) is 7.70. The van der Waals surface area contributed by atoms with E-state index in [0.717, 1.165) is 48.8 Å². The van der Waals surface area contributed by atoms with Crippen LogP contribution in [0.3, 0.4) is 0 Å². The number of carbonyl (C=O) groups is 4. The fourth-order valence-electron chi connectivity index (χ4n) is 7.95. The fourth-order valence-corrected chi connectivity index (χ4v) is 7.95. The first-order chi connectivity index (χ1) is 27.9. The van der Waals surface area contributed by atoms with Crippen LogP contribution in [0.5, 0.6) is 0 Å². The molecule has 2 saturated heterocycles. The van der Waals surface area contributed by atoms with Gasteiger partial charge in [-0.05, 0) is 98.8 Å². The van der Waals surface area contributed by atoms with Crippen LogP contribution in [0.4, 0.5) is 31.8 Å². The zero-order valence-electron chi connectivity index (χ0n) is 32.1. The molecule has 5 N–H and O–H groups in total. The van der Waals surface area contributed by atoms with Gasteiger partial charge in [0.15, 0.2) is 0 Å². The van der Waals surface area contributed by atoms with Crippen LogP contribution in [0.2, 0.25) is 0 Å². The molecule has 0 spiro atoms. The smallest absolute Gasteiger partial charge is 0.258 e. The number of nitrogens with one attached hydrogen (secondary N) is 3. The Morgan fingerprint density at radius 2 is 1.69 bits per heavy atom. The average Bonchev–Trinajstić information content (AvgIpc) is 3.45. The lowest BCUT2D eigenvalue weighted by molar-refractivity contribution is -0.134. The molecule has 58 heavy (non-hydrogen) atoms. The lowest BCUT2D eigenvalue weighted by Crippen LogP contribution is -2.47. The average molecular weight is 789 g/mol. The summed E-state index contributed by atoms with van der Waals surface area (Å²) in [5.74, 6) is -3.76. The van der Waals surface area contributed by atoms with Crippen LogP contribution >= 0.6 is 0 Å². The van der Waals surface area contributed by atoms with Gasteiger partial charge in [-0.1, -0.05) is 6.07 Å². The van der Waals surface area contributed by atoms with E-state index in [-0.39, 0.29) is 29.9 Å². The number of piperidine rings is 1. The molecule has 298 valence electrons. The Morgan fingerprint density at radius 3 is 2.40 bits per heavy atom. The minimum Gasteiger partial charge on any atom is -0.369 e. The summed E-state index contributed by atoms with van der Waals surface area (Å²) >= 11 is 0. The van der Waals surface area contributed by atoms with Crippen molar-refractivity contribution in [3.8, 4) is 11.4 Å². The first-order valence-electron chi connectivity index (χ1n) is 19.2. The van der Waals surface area contributed by atoms with Crippen LogP contribution in [-0.4, -0.2) is 81.0 Å². The molecule has 16 heteroatoms. The van der Waals surface area contributed by atoms with Crippen LogP contribution in [0.15, 0.2) is 60.7 Å². The van der Waals surface area contributed by atoms with Crippen LogP contribution in [-0.2, 0) is 29.0 Å². The highest BCUT2D eigenvalue weighted by Crippen LogP contribution is 2.36. The summed E-state index contributed by atoms with van der Waals surface area (Å²) in [6.07, 6.45) is 1.21. The second-order valence-corrected chi connectivity index (χ2v) is 14.9. The normalized spacial score (nSPS) is 16.8. The predicted molar refractivity (Wildman–Crippen MR) is 213 cm³/mol. The highest BCUT2D eigenvalue weighted by molar-refractivity contribution is 6.06. The van der Waals surface area contributed by atoms with Crippen molar-refractivity contribution in [3.05, 3.63) is 112 Å². The Labute approximate surface area is 332 Å². The van der Waals surface area contributed by atoms with Crippen molar-refractivity contribution in [1.82, 2.24) is 30.0 Å². The summed E-state index contributed by atoms with van der Waals surface area (Å²) < 4.78 is 31.8. The molecule has 0 radical (unpaired) electrons. The predicted octanol–water partition coefficient (Wildman–Crippen LogP) is 4.77. The molecule has 8 rings (SSSR count). The zero-order chi connectivity index (χ0) is 40.7. The number of aryl methyl sites for hydroxylation is 4. The number of hydrogen-bond donors (Lipinski definition) is 4. The van der Waals surface area contributed by atoms with Crippen molar-refractivity contribution in [1.29, 1.82) is 0 Å². The number of fused-ring (bicyclic) bond motifs is 2. The molecule has 3 aliphatic rings. The number of primary amides is 1. The molecular formula is C42H42F2N10O4. The van der Waals surface area contributed by atoms with E-state index in [9.17, 15) is 19.2 Å². The summed E-state index contributed by atoms with van der Waals surface area (Å²) in [7, 11) is 0. The second-order valence-electron chi connectivity index (χ2n) is 14.9. The van der Waals surface area contributed by atoms with Gasteiger partial charge in [-0.3, -0.25) is 34.4 Å². The molecule has 6 heterocycles. The van der Waals surface area contributed by atoms with Crippen molar-refractivity contribution in [3.63, 3.8) is 0 Å². The highest BCUT2D eigenvalue weighted by atomic mass is 19.1. The quantitative estimate of drug-likeness (QED) is 0.152. The minimum atomic E-state index is -1.02. The van der Waals surface area contributed by atoms with Gasteiger partial charge in [0.25, 0.3) is 11.8 Å². The van der Waals surface area contributed by atoms with Gasteiger partial charge in [-0.15, -0.1) is 0 Å². The lowest BCUT2D eigenvalue weighted by Gasteiger charge is -2.36. The third-order valence-electron chi connectivity index (χ3n) is 11.0. The summed E-state index contributed by atoms with van der Waals surface area (Å²) in [4.78, 5) is 63.3. The molecule has 14 nitrogen and oxygen atoms in total. The maximum Gasteiger partial charge on any atom is 0.258 e. The van der Waals surface area contributed by atoms with E-state index in [2.05, 4.69) is 41.8 Å². The van der Waals surface area contributed by atoms with Gasteiger partial charge in [0.05, 0.1) is 22.9 Å². The molecule has 1 atom stereocenters. The third-order valence-corrected chi connectivity index (χ3v) is 11.0. The van der Waals surface area contributed by atoms with E-state index in [4.69, 9.17) is 10.8 Å². The number of carbonyl (C=O) groups excluding carboxylic acids is 4. The third kappa shape index (κ3) is 7.74. The van der Waals surface area contributed by atoms with Gasteiger partial charge < -0.3 is 21.3 Å². The Bertz CT molecular complexity index is 2460. The van der Waals surface area contributed by atoms with Crippen LogP contribution in [0.1, 0.15) is 67.6 Å².